The lowest BCUT2D eigenvalue weighted by Crippen LogP contribution is -2.23. The normalized spacial score (nSPS) is 9.00. The Hall–Kier alpha value is -0.420. The Morgan fingerprint density at radius 1 is 1.78 bits per heavy atom. The Kier molecular flexibility index (Phi) is 5.45. The molecular weight excluding hydrogens is 140 g/mol. The molecule has 0 spiro atoms. The van der Waals surface area contributed by atoms with Crippen LogP contribution in [0.15, 0.2) is 0 Å². The van der Waals surface area contributed by atoms with Gasteiger partial charge in [-0.3, -0.25) is 4.72 Å². The van der Waals surface area contributed by atoms with Crippen molar-refractivity contribution in [2.45, 2.75) is 6.42 Å². The summed E-state index contributed by atoms with van der Waals surface area (Å²) in [4.78, 5) is 9.99. The van der Waals surface area contributed by atoms with E-state index in [9.17, 15) is 4.79 Å². The zero-order valence-electron chi connectivity index (χ0n) is 4.96. The van der Waals surface area contributed by atoms with Gasteiger partial charge < -0.3 is 10.8 Å². The van der Waals surface area contributed by atoms with Crippen molar-refractivity contribution in [2.24, 2.45) is 5.73 Å². The van der Waals surface area contributed by atoms with E-state index in [2.05, 4.69) is 4.72 Å². The van der Waals surface area contributed by atoms with Gasteiger partial charge in [-0.05, 0) is 18.4 Å². The number of carbonyl (C=O) groups is 1. The fourth-order valence-corrected chi connectivity index (χ4v) is 0.777. The largest absolute Gasteiger partial charge is 0.396 e. The van der Waals surface area contributed by atoms with E-state index >= 15 is 0 Å². The van der Waals surface area contributed by atoms with Crippen LogP contribution in [0.2, 0.25) is 0 Å². The van der Waals surface area contributed by atoms with Crippen LogP contribution in [0.25, 0.3) is 0 Å². The van der Waals surface area contributed by atoms with Crippen molar-refractivity contribution in [3.8, 4) is 0 Å². The van der Waals surface area contributed by atoms with E-state index < -0.39 is 6.03 Å². The Morgan fingerprint density at radius 3 is 2.89 bits per heavy atom. The summed E-state index contributed by atoms with van der Waals surface area (Å²) >= 11 is 1.20. The molecule has 0 aromatic rings. The van der Waals surface area contributed by atoms with Gasteiger partial charge in [0.2, 0.25) is 0 Å². The van der Waals surface area contributed by atoms with E-state index in [4.69, 9.17) is 10.8 Å². The molecule has 0 aromatic heterocycles. The van der Waals surface area contributed by atoms with Crippen LogP contribution in [0.3, 0.4) is 0 Å². The molecule has 0 saturated heterocycles. The van der Waals surface area contributed by atoms with Crippen molar-refractivity contribution in [1.29, 1.82) is 0 Å². The van der Waals surface area contributed by atoms with E-state index in [0.29, 0.717) is 12.2 Å². The smallest absolute Gasteiger partial charge is 0.322 e. The fourth-order valence-electron chi connectivity index (χ4n) is 0.259. The van der Waals surface area contributed by atoms with Gasteiger partial charge in [-0.15, -0.1) is 0 Å². The molecule has 4 nitrogen and oxygen atoms in total. The molecule has 0 heterocycles. The molecule has 0 rings (SSSR count). The molecule has 0 aliphatic heterocycles. The first-order valence-corrected chi connectivity index (χ1v) is 3.54. The van der Waals surface area contributed by atoms with Gasteiger partial charge >= 0.3 is 6.03 Å². The molecule has 5 heteroatoms. The van der Waals surface area contributed by atoms with E-state index in [1.165, 1.54) is 11.9 Å². The minimum absolute atomic E-state index is 0.146. The van der Waals surface area contributed by atoms with Crippen LogP contribution in [0.1, 0.15) is 6.42 Å². The molecule has 0 aromatic carbocycles. The first-order valence-electron chi connectivity index (χ1n) is 2.55. The SMILES string of the molecule is NC(=O)NSCCCO. The van der Waals surface area contributed by atoms with Gasteiger partial charge in [0.1, 0.15) is 0 Å². The Morgan fingerprint density at radius 2 is 2.44 bits per heavy atom. The molecule has 0 aliphatic carbocycles. The molecule has 0 unspecified atom stereocenters. The lowest BCUT2D eigenvalue weighted by Gasteiger charge is -1.96. The molecule has 4 N–H and O–H groups in total. The summed E-state index contributed by atoms with van der Waals surface area (Å²) in [5, 5.41) is 8.27. The number of urea groups is 1. The molecule has 0 fully saturated rings. The fraction of sp³-hybridized carbons (Fsp3) is 0.750. The van der Waals surface area contributed by atoms with Crippen molar-refractivity contribution in [1.82, 2.24) is 4.72 Å². The minimum atomic E-state index is -0.544. The number of hydrogen-bond acceptors (Lipinski definition) is 3. The van der Waals surface area contributed by atoms with Gasteiger partial charge in [-0.25, -0.2) is 4.79 Å². The number of amides is 2. The third kappa shape index (κ3) is 7.58. The zero-order chi connectivity index (χ0) is 7.11. The third-order valence-corrected chi connectivity index (χ3v) is 1.42. The predicted molar refractivity (Wildman–Crippen MR) is 36.9 cm³/mol. The standard InChI is InChI=1S/C4H10N2O2S/c5-4(8)6-9-3-1-2-7/h7H,1-3H2,(H3,5,6,8). The molecular formula is C4H10N2O2S. The Labute approximate surface area is 57.9 Å². The van der Waals surface area contributed by atoms with Crippen LogP contribution < -0.4 is 10.5 Å². The van der Waals surface area contributed by atoms with Crippen LogP contribution in [-0.4, -0.2) is 23.5 Å². The van der Waals surface area contributed by atoms with Gasteiger partial charge in [-0.1, -0.05) is 0 Å². The maximum atomic E-state index is 9.99. The van der Waals surface area contributed by atoms with Crippen molar-refractivity contribution in [3.63, 3.8) is 0 Å². The lowest BCUT2D eigenvalue weighted by atomic mass is 10.5. The van der Waals surface area contributed by atoms with Crippen LogP contribution in [-0.2, 0) is 0 Å². The molecule has 0 radical (unpaired) electrons. The van der Waals surface area contributed by atoms with Crippen molar-refractivity contribution in [3.05, 3.63) is 0 Å². The van der Waals surface area contributed by atoms with E-state index in [0.717, 1.165) is 0 Å². The third-order valence-electron chi connectivity index (χ3n) is 0.577. The maximum absolute atomic E-state index is 9.99. The van der Waals surface area contributed by atoms with Gasteiger partial charge in [0.25, 0.3) is 0 Å². The van der Waals surface area contributed by atoms with E-state index in [1.54, 1.807) is 0 Å². The first-order chi connectivity index (χ1) is 4.27. The summed E-state index contributed by atoms with van der Waals surface area (Å²) in [6.07, 6.45) is 0.672. The number of aliphatic hydroxyl groups excluding tert-OH is 1. The summed E-state index contributed by atoms with van der Waals surface area (Å²) in [6.45, 7) is 0.146. The summed E-state index contributed by atoms with van der Waals surface area (Å²) in [5.74, 6) is 0.694. The molecule has 54 valence electrons. The van der Waals surface area contributed by atoms with Gasteiger partial charge in [0.05, 0.1) is 0 Å². The van der Waals surface area contributed by atoms with Crippen LogP contribution in [0, 0.1) is 0 Å². The second-order valence-corrected chi connectivity index (χ2v) is 2.29. The molecule has 0 bridgehead atoms. The molecule has 0 saturated carbocycles. The van der Waals surface area contributed by atoms with Gasteiger partial charge in [-0.2, -0.15) is 0 Å². The van der Waals surface area contributed by atoms with Gasteiger partial charge in [0.15, 0.2) is 0 Å². The van der Waals surface area contributed by atoms with Crippen LogP contribution in [0.5, 0.6) is 0 Å². The van der Waals surface area contributed by atoms with Crippen LogP contribution >= 0.6 is 11.9 Å². The number of nitrogens with two attached hydrogens (primary N) is 1. The topological polar surface area (TPSA) is 75.4 Å². The van der Waals surface area contributed by atoms with Crippen molar-refractivity contribution >= 4 is 18.0 Å². The lowest BCUT2D eigenvalue weighted by molar-refractivity contribution is 0.254. The summed E-state index contributed by atoms with van der Waals surface area (Å²) in [7, 11) is 0. The minimum Gasteiger partial charge on any atom is -0.396 e. The molecule has 9 heavy (non-hydrogen) atoms. The number of nitrogens with one attached hydrogen (secondary N) is 1. The maximum Gasteiger partial charge on any atom is 0.322 e. The second-order valence-electron chi connectivity index (χ2n) is 1.39. The molecule has 2 amide bonds. The number of carbonyl (C=O) groups excluding carboxylic acids is 1. The first kappa shape index (κ1) is 8.58. The van der Waals surface area contributed by atoms with Crippen molar-refractivity contribution < 1.29 is 9.90 Å². The molecule has 0 aliphatic rings. The van der Waals surface area contributed by atoms with E-state index in [-0.39, 0.29) is 6.61 Å². The van der Waals surface area contributed by atoms with Gasteiger partial charge in [0, 0.05) is 12.4 Å². The van der Waals surface area contributed by atoms with Crippen LogP contribution in [0.4, 0.5) is 4.79 Å². The number of rotatable bonds is 4. The monoisotopic (exact) mass is 150 g/mol. The van der Waals surface area contributed by atoms with Crippen molar-refractivity contribution in [2.75, 3.05) is 12.4 Å². The second kappa shape index (κ2) is 5.71. The summed E-state index contributed by atoms with van der Waals surface area (Å²) in [5.41, 5.74) is 4.74. The summed E-state index contributed by atoms with van der Waals surface area (Å²) in [6, 6.07) is -0.544. The number of hydrogen-bond donors (Lipinski definition) is 3. The average molecular weight is 150 g/mol. The highest BCUT2D eigenvalue weighted by Crippen LogP contribution is 1.93. The highest BCUT2D eigenvalue weighted by atomic mass is 32.2. The molecule has 0 atom stereocenters. The number of aliphatic hydroxyl groups is 1. The van der Waals surface area contributed by atoms with E-state index in [1.807, 2.05) is 0 Å². The predicted octanol–water partition coefficient (Wildman–Crippen LogP) is -0.315. The zero-order valence-corrected chi connectivity index (χ0v) is 5.78. The number of primary amides is 1. The quantitative estimate of drug-likeness (QED) is 0.380. The summed E-state index contributed by atoms with van der Waals surface area (Å²) < 4.78 is 2.32. The highest BCUT2D eigenvalue weighted by molar-refractivity contribution is 7.97. The average Bonchev–Trinajstić information content (AvgIpc) is 1.80. The Bertz CT molecular complexity index is 88.6. The highest BCUT2D eigenvalue weighted by Gasteiger charge is 1.89. The Balaban J connectivity index is 2.83.